The normalized spacial score (nSPS) is 13.1. The first-order valence-electron chi connectivity index (χ1n) is 11.0. The lowest BCUT2D eigenvalue weighted by atomic mass is 10.0. The van der Waals surface area contributed by atoms with E-state index in [1.54, 1.807) is 24.7 Å². The zero-order valence-corrected chi connectivity index (χ0v) is 21.3. The molecule has 11 heteroatoms. The van der Waals surface area contributed by atoms with Crippen LogP contribution in [0.25, 0.3) is 18.0 Å². The number of azo groups is 1. The van der Waals surface area contributed by atoms with E-state index in [9.17, 15) is 13.2 Å². The molecule has 1 aromatic heterocycles. The summed E-state index contributed by atoms with van der Waals surface area (Å²) in [6.45, 7) is 0. The van der Waals surface area contributed by atoms with Gasteiger partial charge in [0.2, 0.25) is 5.11 Å². The number of aromatic nitrogens is 2. The highest BCUT2D eigenvalue weighted by atomic mass is 79.9. The second-order valence-corrected chi connectivity index (χ2v) is 9.21. The largest absolute Gasteiger partial charge is 0.573 e. The first-order chi connectivity index (χ1) is 17.8. The molecule has 0 amide bonds. The van der Waals surface area contributed by atoms with Crippen LogP contribution in [0.4, 0.5) is 18.9 Å². The van der Waals surface area contributed by atoms with Gasteiger partial charge in [-0.1, -0.05) is 30.3 Å². The molecule has 186 valence electrons. The van der Waals surface area contributed by atoms with Crippen molar-refractivity contribution in [2.24, 2.45) is 10.2 Å². The maximum absolute atomic E-state index is 12.4. The van der Waals surface area contributed by atoms with Crippen molar-refractivity contribution >= 4 is 51.2 Å². The first-order valence-corrected chi connectivity index (χ1v) is 12.2. The number of fused-ring (bicyclic) bond motifs is 2. The van der Waals surface area contributed by atoms with Gasteiger partial charge in [-0.3, -0.25) is 4.57 Å². The molecule has 0 saturated carbocycles. The molecule has 0 atom stereocenters. The fourth-order valence-corrected chi connectivity index (χ4v) is 4.47. The van der Waals surface area contributed by atoms with Crippen LogP contribution in [0, 0.1) is 10.6 Å². The first kappa shape index (κ1) is 24.8. The molecule has 5 rings (SSSR count). The highest BCUT2D eigenvalue weighted by Crippen LogP contribution is 2.24. The van der Waals surface area contributed by atoms with Gasteiger partial charge in [0.05, 0.1) is 22.6 Å². The Morgan fingerprint density at radius 3 is 2.65 bits per heavy atom. The third-order valence-corrected chi connectivity index (χ3v) is 6.40. The van der Waals surface area contributed by atoms with E-state index in [1.807, 2.05) is 53.1 Å². The van der Waals surface area contributed by atoms with Crippen molar-refractivity contribution in [2.75, 3.05) is 5.32 Å². The summed E-state index contributed by atoms with van der Waals surface area (Å²) < 4.78 is 44.0. The number of hydrogen-bond donors (Lipinski definition) is 1. The van der Waals surface area contributed by atoms with Gasteiger partial charge >= 0.3 is 6.36 Å². The number of halogens is 4. The molecule has 1 heterocycles. The summed E-state index contributed by atoms with van der Waals surface area (Å²) in [5.41, 5.74) is 2.56. The van der Waals surface area contributed by atoms with Crippen LogP contribution in [-0.4, -0.2) is 21.0 Å². The van der Waals surface area contributed by atoms with Crippen molar-refractivity contribution in [3.8, 4) is 11.4 Å². The van der Waals surface area contributed by atoms with Crippen molar-refractivity contribution in [3.63, 3.8) is 0 Å². The average molecular weight is 584 g/mol. The molecule has 3 aromatic carbocycles. The van der Waals surface area contributed by atoms with E-state index in [0.717, 1.165) is 36.9 Å². The molecule has 0 bridgehead atoms. The van der Waals surface area contributed by atoms with Gasteiger partial charge in [-0.15, -0.1) is 18.3 Å². The standard InChI is InChI=1S/C26H17BrF3N5OS/c27-21-3-1-2-4-22(21)33-25(37)34-32-14-16-5-11-20-17(13-16)6-12-23-24(20)31-15-35(23)18-7-9-19(10-8-18)36-26(28,29)30/h1-5,7-15H,6H2,(H,33,37). The lowest BCUT2D eigenvalue weighted by Gasteiger charge is -2.10. The van der Waals surface area contributed by atoms with Crippen molar-refractivity contribution < 1.29 is 17.9 Å². The molecule has 6 nitrogen and oxygen atoms in total. The fourth-order valence-electron chi connectivity index (χ4n) is 3.93. The third kappa shape index (κ3) is 5.78. The Morgan fingerprint density at radius 1 is 1.11 bits per heavy atom. The fraction of sp³-hybridized carbons (Fsp3) is 0.0769. The van der Waals surface area contributed by atoms with Crippen LogP contribution < -0.4 is 20.6 Å². The molecule has 0 saturated heterocycles. The number of alkyl halides is 3. The van der Waals surface area contributed by atoms with E-state index >= 15 is 0 Å². The van der Waals surface area contributed by atoms with Crippen LogP contribution in [0.15, 0.2) is 87.8 Å². The number of thiocarbonyl (C=S) groups is 1. The second-order valence-electron chi connectivity index (χ2n) is 7.97. The smallest absolute Gasteiger partial charge is 0.406 e. The number of anilines is 1. The van der Waals surface area contributed by atoms with Crippen molar-refractivity contribution in [3.05, 3.63) is 104 Å². The monoisotopic (exact) mass is 583 g/mol. The average Bonchev–Trinajstić information content (AvgIpc) is 3.29. The van der Waals surface area contributed by atoms with Crippen LogP contribution >= 0.6 is 28.1 Å². The SMILES string of the molecule is FC(F)(F)Oc1ccc(-n2cnc3c2=CCc2cc(=CN=NC(=S)Nc4ccccc4Br)ccc2=3)cc1. The number of hydrogen-bond acceptors (Lipinski definition) is 4. The molecule has 37 heavy (non-hydrogen) atoms. The lowest BCUT2D eigenvalue weighted by Crippen LogP contribution is -2.19. The number of benzene rings is 3. The molecule has 4 aromatic rings. The maximum Gasteiger partial charge on any atom is 0.573 e. The van der Waals surface area contributed by atoms with Gasteiger partial charge in [-0.2, -0.15) is 5.11 Å². The highest BCUT2D eigenvalue weighted by Gasteiger charge is 2.31. The summed E-state index contributed by atoms with van der Waals surface area (Å²) in [7, 11) is 0. The Balaban J connectivity index is 1.39. The van der Waals surface area contributed by atoms with Gasteiger partial charge in [-0.05, 0) is 87.8 Å². The predicted molar refractivity (Wildman–Crippen MR) is 141 cm³/mol. The summed E-state index contributed by atoms with van der Waals surface area (Å²) in [6, 6.07) is 19.2. The van der Waals surface area contributed by atoms with Gasteiger partial charge in [0, 0.05) is 15.4 Å². The summed E-state index contributed by atoms with van der Waals surface area (Å²) in [5, 5.41) is 14.9. The Labute approximate surface area is 222 Å². The van der Waals surface area contributed by atoms with Gasteiger partial charge in [0.15, 0.2) is 0 Å². The van der Waals surface area contributed by atoms with Gasteiger partial charge in [-0.25, -0.2) is 4.98 Å². The number of nitrogens with zero attached hydrogens (tertiary/aromatic N) is 4. The summed E-state index contributed by atoms with van der Waals surface area (Å²) in [5.74, 6) is -0.273. The number of nitrogens with one attached hydrogen (secondary N) is 1. The van der Waals surface area contributed by atoms with Crippen LogP contribution in [0.2, 0.25) is 0 Å². The second kappa shape index (κ2) is 10.3. The van der Waals surface area contributed by atoms with Crippen LogP contribution in [-0.2, 0) is 6.42 Å². The minimum absolute atomic E-state index is 0.239. The summed E-state index contributed by atoms with van der Waals surface area (Å²) in [4.78, 5) is 4.56. The maximum atomic E-state index is 12.4. The summed E-state index contributed by atoms with van der Waals surface area (Å²) >= 11 is 8.69. The molecular formula is C26H17BrF3N5OS. The Morgan fingerprint density at radius 2 is 1.89 bits per heavy atom. The van der Waals surface area contributed by atoms with Crippen molar-refractivity contribution in [1.82, 2.24) is 9.55 Å². The molecule has 0 fully saturated rings. The van der Waals surface area contributed by atoms with E-state index in [2.05, 4.69) is 41.2 Å². The molecule has 1 aliphatic carbocycles. The van der Waals surface area contributed by atoms with Crippen LogP contribution in [0.5, 0.6) is 5.75 Å². The molecule has 1 N–H and O–H groups in total. The molecule has 0 radical (unpaired) electrons. The van der Waals surface area contributed by atoms with Gasteiger partial charge in [0.25, 0.3) is 0 Å². The van der Waals surface area contributed by atoms with Gasteiger partial charge in [0.1, 0.15) is 12.1 Å². The zero-order valence-electron chi connectivity index (χ0n) is 18.9. The van der Waals surface area contributed by atoms with E-state index in [1.165, 1.54) is 12.1 Å². The number of ether oxygens (including phenoxy) is 1. The van der Waals surface area contributed by atoms with E-state index in [-0.39, 0.29) is 10.9 Å². The number of imidazole rings is 1. The zero-order chi connectivity index (χ0) is 26.0. The number of para-hydroxylation sites is 1. The molecule has 0 aliphatic heterocycles. The molecular weight excluding hydrogens is 567 g/mol. The van der Waals surface area contributed by atoms with Crippen molar-refractivity contribution in [1.29, 1.82) is 0 Å². The minimum Gasteiger partial charge on any atom is -0.406 e. The minimum atomic E-state index is -4.73. The molecule has 0 spiro atoms. The van der Waals surface area contributed by atoms with Crippen LogP contribution in [0.3, 0.4) is 0 Å². The van der Waals surface area contributed by atoms with E-state index < -0.39 is 6.36 Å². The van der Waals surface area contributed by atoms with E-state index in [0.29, 0.717) is 12.1 Å². The van der Waals surface area contributed by atoms with Crippen LogP contribution in [0.1, 0.15) is 5.56 Å². The van der Waals surface area contributed by atoms with E-state index in [4.69, 9.17) is 12.2 Å². The lowest BCUT2D eigenvalue weighted by molar-refractivity contribution is -0.274. The Hall–Kier alpha value is -3.83. The molecule has 1 aliphatic rings. The topological polar surface area (TPSA) is 63.8 Å². The van der Waals surface area contributed by atoms with Gasteiger partial charge < -0.3 is 10.1 Å². The Bertz CT molecular complexity index is 1730. The predicted octanol–water partition coefficient (Wildman–Crippen LogP) is 5.74. The third-order valence-electron chi connectivity index (χ3n) is 5.52. The molecule has 0 unspecified atom stereocenters. The highest BCUT2D eigenvalue weighted by molar-refractivity contribution is 9.10. The quantitative estimate of drug-likeness (QED) is 0.246. The number of rotatable bonds is 4. The van der Waals surface area contributed by atoms with Crippen molar-refractivity contribution in [2.45, 2.75) is 12.8 Å². The summed E-state index contributed by atoms with van der Waals surface area (Å²) in [6.07, 6.45) is 1.25. The Kier molecular flexibility index (Phi) is 6.90.